The van der Waals surface area contributed by atoms with Crippen LogP contribution < -0.4 is 0 Å². The van der Waals surface area contributed by atoms with Crippen molar-refractivity contribution >= 4 is 0 Å². The zero-order valence-electron chi connectivity index (χ0n) is 18.5. The first-order chi connectivity index (χ1) is 17.0. The Kier molecular flexibility index (Phi) is 5.11. The number of aliphatic hydroxyl groups is 2. The lowest BCUT2D eigenvalue weighted by Crippen LogP contribution is -2.27. The fourth-order valence-electron chi connectivity index (χ4n) is 5.34. The fourth-order valence-corrected chi connectivity index (χ4v) is 5.34. The summed E-state index contributed by atoms with van der Waals surface area (Å²) in [4.78, 5) is 13.2. The highest BCUT2D eigenvalue weighted by Gasteiger charge is 2.53. The summed E-state index contributed by atoms with van der Waals surface area (Å²) in [6.45, 7) is -0.183. The zero-order chi connectivity index (χ0) is 24.2. The van der Waals surface area contributed by atoms with Gasteiger partial charge in [0.15, 0.2) is 5.82 Å². The first kappa shape index (κ1) is 21.8. The van der Waals surface area contributed by atoms with Crippen molar-refractivity contribution in [2.24, 2.45) is 0 Å². The second kappa shape index (κ2) is 8.21. The van der Waals surface area contributed by atoms with Crippen LogP contribution in [0.3, 0.4) is 0 Å². The Morgan fingerprint density at radius 3 is 2.77 bits per heavy atom. The minimum Gasteiger partial charge on any atom is -0.396 e. The van der Waals surface area contributed by atoms with Gasteiger partial charge in [-0.15, -0.1) is 10.2 Å². The molecular formula is C24H21F2N7O2. The highest BCUT2D eigenvalue weighted by Crippen LogP contribution is 2.59. The van der Waals surface area contributed by atoms with E-state index in [9.17, 15) is 13.9 Å². The number of rotatable bonds is 6. The summed E-state index contributed by atoms with van der Waals surface area (Å²) in [5, 5.41) is 32.0. The largest absolute Gasteiger partial charge is 0.396 e. The molecule has 3 atom stereocenters. The molecule has 0 radical (unpaired) electrons. The van der Waals surface area contributed by atoms with Crippen LogP contribution in [0.2, 0.25) is 0 Å². The second-order valence-electron chi connectivity index (χ2n) is 8.97. The highest BCUT2D eigenvalue weighted by atomic mass is 19.1. The second-order valence-corrected chi connectivity index (χ2v) is 8.97. The van der Waals surface area contributed by atoms with E-state index in [4.69, 9.17) is 10.1 Å². The molecule has 2 aliphatic rings. The van der Waals surface area contributed by atoms with Gasteiger partial charge >= 0.3 is 0 Å². The average molecular weight is 477 g/mol. The quantitative estimate of drug-likeness (QED) is 0.435. The predicted molar refractivity (Wildman–Crippen MR) is 118 cm³/mol. The van der Waals surface area contributed by atoms with E-state index < -0.39 is 23.2 Å². The third kappa shape index (κ3) is 3.41. The summed E-state index contributed by atoms with van der Waals surface area (Å²) in [6.07, 6.45) is 4.70. The molecule has 9 nitrogen and oxygen atoms in total. The third-order valence-corrected chi connectivity index (χ3v) is 7.00. The van der Waals surface area contributed by atoms with Crippen molar-refractivity contribution in [3.63, 3.8) is 0 Å². The van der Waals surface area contributed by atoms with Gasteiger partial charge in [0.25, 0.3) is 5.95 Å². The Balaban J connectivity index is 1.38. The maximum Gasteiger partial charge on any atom is 0.252 e. The minimum atomic E-state index is -0.982. The predicted octanol–water partition coefficient (Wildman–Crippen LogP) is 2.78. The molecule has 2 aliphatic carbocycles. The summed E-state index contributed by atoms with van der Waals surface area (Å²) in [5.74, 6) is -0.680. The normalized spacial score (nSPS) is 21.3. The summed E-state index contributed by atoms with van der Waals surface area (Å²) >= 11 is 0. The van der Waals surface area contributed by atoms with Gasteiger partial charge in [0.05, 0.1) is 28.1 Å². The van der Waals surface area contributed by atoms with Gasteiger partial charge in [0.2, 0.25) is 0 Å². The van der Waals surface area contributed by atoms with E-state index in [2.05, 4.69) is 25.3 Å². The van der Waals surface area contributed by atoms with Crippen LogP contribution in [-0.2, 0) is 5.41 Å². The molecule has 4 aromatic rings. The molecule has 1 saturated carbocycles. The Morgan fingerprint density at radius 2 is 1.97 bits per heavy atom. The topological polar surface area (TPSA) is 123 Å². The lowest BCUT2D eigenvalue weighted by molar-refractivity contribution is 0.126. The molecule has 0 amide bonds. The molecule has 6 rings (SSSR count). The monoisotopic (exact) mass is 477 g/mol. The first-order valence-corrected chi connectivity index (χ1v) is 11.4. The number of benzene rings is 1. The maximum atomic E-state index is 14.4. The van der Waals surface area contributed by atoms with Crippen LogP contribution >= 0.6 is 0 Å². The van der Waals surface area contributed by atoms with Crippen molar-refractivity contribution in [2.45, 2.75) is 43.1 Å². The van der Waals surface area contributed by atoms with E-state index in [1.165, 1.54) is 29.2 Å². The number of aromatic nitrogens is 7. The molecule has 11 heteroatoms. The van der Waals surface area contributed by atoms with Crippen LogP contribution in [0.15, 0.2) is 42.9 Å². The number of hydrogen-bond acceptors (Lipinski definition) is 8. The van der Waals surface area contributed by atoms with Gasteiger partial charge < -0.3 is 10.2 Å². The van der Waals surface area contributed by atoms with Crippen LogP contribution in [0.25, 0.3) is 17.2 Å². The first-order valence-electron chi connectivity index (χ1n) is 11.4. The van der Waals surface area contributed by atoms with Crippen LogP contribution in [-0.4, -0.2) is 51.7 Å². The van der Waals surface area contributed by atoms with Crippen LogP contribution in [0, 0.1) is 11.6 Å². The molecule has 2 N–H and O–H groups in total. The molecule has 35 heavy (non-hydrogen) atoms. The Labute approximate surface area is 198 Å². The van der Waals surface area contributed by atoms with Crippen LogP contribution in [0.4, 0.5) is 8.78 Å². The lowest BCUT2D eigenvalue weighted by atomic mass is 9.80. The van der Waals surface area contributed by atoms with Crippen molar-refractivity contribution in [1.82, 2.24) is 34.9 Å². The highest BCUT2D eigenvalue weighted by molar-refractivity contribution is 5.63. The molecule has 2 bridgehead atoms. The smallest absolute Gasteiger partial charge is 0.252 e. The standard InChI is InChI=1S/C24H21F2N7O2/c25-15-2-1-3-16(26)20(15)17-10-14-13-4-7-24(11-13,21(14)31-30-17)19-5-8-27-23(29-19)33-12-28-22(32-33)18(35)6-9-34/h1-3,5,8,10,12-13,18,34-35H,4,6-7,9,11H2/t13-,18+,24+/m1/s1. The molecule has 3 aromatic heterocycles. The van der Waals surface area contributed by atoms with Gasteiger partial charge in [0.1, 0.15) is 24.1 Å². The molecule has 3 heterocycles. The van der Waals surface area contributed by atoms with E-state index in [1.807, 2.05) is 6.07 Å². The van der Waals surface area contributed by atoms with Crippen molar-refractivity contribution in [2.75, 3.05) is 6.61 Å². The van der Waals surface area contributed by atoms with Gasteiger partial charge in [-0.3, -0.25) is 0 Å². The molecular weight excluding hydrogens is 456 g/mol. The van der Waals surface area contributed by atoms with E-state index in [1.54, 1.807) is 12.3 Å². The maximum absolute atomic E-state index is 14.4. The minimum absolute atomic E-state index is 0.129. The van der Waals surface area contributed by atoms with Gasteiger partial charge in [-0.2, -0.15) is 9.78 Å². The SMILES string of the molecule is OCC[C@H](O)c1ncn(-c2nccc([C@]34CC[C@H](C3)c3cc(-c5c(F)cccc5F)nnc34)n2)n1. The van der Waals surface area contributed by atoms with Gasteiger partial charge in [-0.05, 0) is 55.0 Å². The molecule has 0 aliphatic heterocycles. The molecule has 0 spiro atoms. The van der Waals surface area contributed by atoms with Gasteiger partial charge in [-0.1, -0.05) is 6.07 Å². The number of halogens is 2. The Hall–Kier alpha value is -3.70. The van der Waals surface area contributed by atoms with E-state index in [-0.39, 0.29) is 36.0 Å². The van der Waals surface area contributed by atoms with Crippen molar-refractivity contribution in [3.05, 3.63) is 77.3 Å². The van der Waals surface area contributed by atoms with Crippen molar-refractivity contribution in [3.8, 4) is 17.2 Å². The van der Waals surface area contributed by atoms with E-state index in [0.29, 0.717) is 5.95 Å². The van der Waals surface area contributed by atoms with Crippen LogP contribution in [0.1, 0.15) is 60.5 Å². The van der Waals surface area contributed by atoms with E-state index >= 15 is 0 Å². The van der Waals surface area contributed by atoms with Gasteiger partial charge in [0, 0.05) is 19.2 Å². The van der Waals surface area contributed by atoms with Crippen LogP contribution in [0.5, 0.6) is 0 Å². The summed E-state index contributed by atoms with van der Waals surface area (Å²) in [5.41, 5.74) is 2.01. The average Bonchev–Trinajstić information content (AvgIpc) is 3.60. The molecule has 0 saturated heterocycles. The fraction of sp³-hybridized carbons (Fsp3) is 0.333. The summed E-state index contributed by atoms with van der Waals surface area (Å²) < 4.78 is 30.1. The number of aliphatic hydroxyl groups excluding tert-OH is 2. The summed E-state index contributed by atoms with van der Waals surface area (Å²) in [6, 6.07) is 7.34. The number of hydrogen-bond donors (Lipinski definition) is 2. The molecule has 0 unspecified atom stereocenters. The third-order valence-electron chi connectivity index (χ3n) is 7.00. The molecule has 1 aromatic carbocycles. The zero-order valence-corrected chi connectivity index (χ0v) is 18.5. The Morgan fingerprint density at radius 1 is 1.14 bits per heavy atom. The molecule has 1 fully saturated rings. The Bertz CT molecular complexity index is 1410. The van der Waals surface area contributed by atoms with E-state index in [0.717, 1.165) is 36.2 Å². The number of nitrogens with zero attached hydrogens (tertiary/aromatic N) is 7. The van der Waals surface area contributed by atoms with Gasteiger partial charge in [-0.25, -0.2) is 23.7 Å². The molecule has 178 valence electrons. The summed E-state index contributed by atoms with van der Waals surface area (Å²) in [7, 11) is 0. The van der Waals surface area contributed by atoms with Crippen molar-refractivity contribution in [1.29, 1.82) is 0 Å². The number of fused-ring (bicyclic) bond motifs is 5. The van der Waals surface area contributed by atoms with Crippen molar-refractivity contribution < 1.29 is 19.0 Å². The lowest BCUT2D eigenvalue weighted by Gasteiger charge is -2.27.